The molecule has 108 valence electrons. The fourth-order valence-corrected chi connectivity index (χ4v) is 2.33. The van der Waals surface area contributed by atoms with E-state index in [9.17, 15) is 0 Å². The van der Waals surface area contributed by atoms with Gasteiger partial charge in [0, 0.05) is 5.92 Å². The van der Waals surface area contributed by atoms with E-state index in [1.54, 1.807) is 0 Å². The highest BCUT2D eigenvalue weighted by Crippen LogP contribution is 2.14. The van der Waals surface area contributed by atoms with Crippen molar-refractivity contribution in [2.45, 2.75) is 84.5 Å². The van der Waals surface area contributed by atoms with E-state index in [0.717, 1.165) is 4.99 Å². The smallest absolute Gasteiger partial charge is 0.0921 e. The molecule has 0 saturated heterocycles. The lowest BCUT2D eigenvalue weighted by molar-refractivity contribution is 0.532. The van der Waals surface area contributed by atoms with Crippen molar-refractivity contribution in [3.8, 4) is 0 Å². The molecule has 0 radical (unpaired) electrons. The van der Waals surface area contributed by atoms with E-state index >= 15 is 0 Å². The first kappa shape index (κ1) is 17.8. The number of thiocarbonyl (C=S) groups is 1. The van der Waals surface area contributed by atoms with Crippen LogP contribution in [0.25, 0.3) is 0 Å². The molecule has 0 bridgehead atoms. The number of nitrogens with one attached hydrogen (secondary N) is 1. The first-order valence-electron chi connectivity index (χ1n) is 7.72. The number of nitrogens with two attached hydrogens (primary N) is 1. The Morgan fingerprint density at radius 2 is 1.39 bits per heavy atom. The molecule has 0 aromatic rings. The number of unbranched alkanes of at least 4 members (excludes halogenated alkanes) is 9. The van der Waals surface area contributed by atoms with Gasteiger partial charge in [0.15, 0.2) is 0 Å². The normalized spacial score (nSPS) is 12.4. The van der Waals surface area contributed by atoms with Gasteiger partial charge >= 0.3 is 0 Å². The van der Waals surface area contributed by atoms with Crippen LogP contribution in [-0.2, 0) is 0 Å². The molecule has 1 unspecified atom stereocenters. The van der Waals surface area contributed by atoms with Crippen molar-refractivity contribution in [1.82, 2.24) is 5.43 Å². The van der Waals surface area contributed by atoms with Crippen molar-refractivity contribution in [2.75, 3.05) is 0 Å². The van der Waals surface area contributed by atoms with Crippen LogP contribution in [0.2, 0.25) is 0 Å². The van der Waals surface area contributed by atoms with E-state index in [2.05, 4.69) is 19.3 Å². The van der Waals surface area contributed by atoms with E-state index < -0.39 is 0 Å². The minimum Gasteiger partial charge on any atom is -0.318 e. The summed E-state index contributed by atoms with van der Waals surface area (Å²) in [5.41, 5.74) is 2.58. The molecule has 0 aliphatic carbocycles. The van der Waals surface area contributed by atoms with Crippen LogP contribution in [0.5, 0.6) is 0 Å². The summed E-state index contributed by atoms with van der Waals surface area (Å²) < 4.78 is 0. The van der Waals surface area contributed by atoms with E-state index in [-0.39, 0.29) is 0 Å². The fraction of sp³-hybridized carbons (Fsp3) is 0.933. The zero-order chi connectivity index (χ0) is 13.6. The minimum absolute atomic E-state index is 0.430. The predicted molar refractivity (Wildman–Crippen MR) is 85.5 cm³/mol. The molecular weight excluding hydrogens is 240 g/mol. The summed E-state index contributed by atoms with van der Waals surface area (Å²) in [6, 6.07) is 0. The van der Waals surface area contributed by atoms with Crippen molar-refractivity contribution in [1.29, 1.82) is 0 Å². The molecule has 3 N–H and O–H groups in total. The second-order valence-electron chi connectivity index (χ2n) is 5.38. The van der Waals surface area contributed by atoms with Crippen molar-refractivity contribution < 1.29 is 0 Å². The zero-order valence-electron chi connectivity index (χ0n) is 12.3. The lowest BCUT2D eigenvalue weighted by Crippen LogP contribution is -2.33. The Bertz CT molecular complexity index is 195. The van der Waals surface area contributed by atoms with Crippen LogP contribution < -0.4 is 11.3 Å². The fourth-order valence-electron chi connectivity index (χ4n) is 2.21. The van der Waals surface area contributed by atoms with Gasteiger partial charge in [0.25, 0.3) is 0 Å². The molecule has 18 heavy (non-hydrogen) atoms. The molecule has 0 heterocycles. The molecule has 0 rings (SSSR count). The molecule has 0 fully saturated rings. The zero-order valence-corrected chi connectivity index (χ0v) is 13.2. The number of rotatable bonds is 12. The summed E-state index contributed by atoms with van der Waals surface area (Å²) in [5, 5.41) is 0. The van der Waals surface area contributed by atoms with E-state index in [4.69, 9.17) is 18.1 Å². The Morgan fingerprint density at radius 3 is 1.83 bits per heavy atom. The van der Waals surface area contributed by atoms with E-state index in [1.165, 1.54) is 70.6 Å². The Kier molecular flexibility index (Phi) is 13.2. The van der Waals surface area contributed by atoms with Gasteiger partial charge in [-0.1, -0.05) is 90.3 Å². The lowest BCUT2D eigenvalue weighted by atomic mass is 10.0. The van der Waals surface area contributed by atoms with Gasteiger partial charge in [0.2, 0.25) is 0 Å². The van der Waals surface area contributed by atoms with Crippen molar-refractivity contribution >= 4 is 17.2 Å². The Labute approximate surface area is 119 Å². The molecule has 2 nitrogen and oxygen atoms in total. The van der Waals surface area contributed by atoms with Crippen LogP contribution in [0.4, 0.5) is 0 Å². The SMILES string of the molecule is CCCCCCCCCCCCC(C)C(=S)NN. The topological polar surface area (TPSA) is 38.0 Å². The van der Waals surface area contributed by atoms with Crippen molar-refractivity contribution in [3.63, 3.8) is 0 Å². The van der Waals surface area contributed by atoms with Gasteiger partial charge in [-0.2, -0.15) is 0 Å². The summed E-state index contributed by atoms with van der Waals surface area (Å²) in [7, 11) is 0. The molecule has 0 saturated carbocycles. The summed E-state index contributed by atoms with van der Waals surface area (Å²) >= 11 is 5.11. The van der Waals surface area contributed by atoms with Crippen LogP contribution in [0, 0.1) is 5.92 Å². The predicted octanol–water partition coefficient (Wildman–Crippen LogP) is 4.72. The maximum absolute atomic E-state index is 5.30. The molecule has 3 heteroatoms. The van der Waals surface area contributed by atoms with Gasteiger partial charge < -0.3 is 5.43 Å². The maximum atomic E-state index is 5.30. The van der Waals surface area contributed by atoms with Crippen LogP contribution >= 0.6 is 12.2 Å². The first-order valence-corrected chi connectivity index (χ1v) is 8.13. The highest BCUT2D eigenvalue weighted by molar-refractivity contribution is 7.80. The molecule has 0 amide bonds. The summed E-state index contributed by atoms with van der Waals surface area (Å²) in [6.45, 7) is 4.42. The van der Waals surface area contributed by atoms with Crippen LogP contribution in [-0.4, -0.2) is 4.99 Å². The third-order valence-corrected chi connectivity index (χ3v) is 4.10. The number of hydrazine groups is 1. The van der Waals surface area contributed by atoms with Gasteiger partial charge in [-0.25, -0.2) is 0 Å². The molecule has 0 aliphatic heterocycles. The Balaban J connectivity index is 3.14. The van der Waals surface area contributed by atoms with Crippen molar-refractivity contribution in [2.24, 2.45) is 11.8 Å². The Hall–Kier alpha value is -0.150. The average Bonchev–Trinajstić information content (AvgIpc) is 2.39. The number of hydrogen-bond acceptors (Lipinski definition) is 2. The third-order valence-electron chi connectivity index (χ3n) is 3.58. The number of hydrogen-bond donors (Lipinski definition) is 2. The van der Waals surface area contributed by atoms with Crippen LogP contribution in [0.1, 0.15) is 84.5 Å². The summed E-state index contributed by atoms with van der Waals surface area (Å²) in [4.78, 5) is 0.797. The molecule has 0 aromatic carbocycles. The summed E-state index contributed by atoms with van der Waals surface area (Å²) in [5.74, 6) is 5.73. The largest absolute Gasteiger partial charge is 0.318 e. The monoisotopic (exact) mass is 272 g/mol. The molecular formula is C15H32N2S. The molecule has 0 spiro atoms. The average molecular weight is 273 g/mol. The van der Waals surface area contributed by atoms with Gasteiger partial charge in [-0.15, -0.1) is 0 Å². The molecule has 0 aromatic heterocycles. The lowest BCUT2D eigenvalue weighted by Gasteiger charge is -2.11. The third kappa shape index (κ3) is 11.0. The van der Waals surface area contributed by atoms with Gasteiger partial charge in [-0.3, -0.25) is 5.84 Å². The van der Waals surface area contributed by atoms with E-state index in [1.807, 2.05) is 0 Å². The minimum atomic E-state index is 0.430. The van der Waals surface area contributed by atoms with Gasteiger partial charge in [-0.05, 0) is 6.42 Å². The highest BCUT2D eigenvalue weighted by Gasteiger charge is 2.06. The summed E-state index contributed by atoms with van der Waals surface area (Å²) in [6.07, 6.45) is 15.0. The molecule has 0 aliphatic rings. The van der Waals surface area contributed by atoms with Crippen LogP contribution in [0.3, 0.4) is 0 Å². The highest BCUT2D eigenvalue weighted by atomic mass is 32.1. The van der Waals surface area contributed by atoms with Crippen LogP contribution in [0.15, 0.2) is 0 Å². The first-order chi connectivity index (χ1) is 8.72. The van der Waals surface area contributed by atoms with Gasteiger partial charge in [0.05, 0.1) is 4.99 Å². The standard InChI is InChI=1S/C15H32N2S/c1-3-4-5-6-7-8-9-10-11-12-13-14(2)15(18)17-16/h14H,3-13,16H2,1-2H3,(H,17,18). The molecule has 1 atom stereocenters. The Morgan fingerprint density at radius 1 is 0.944 bits per heavy atom. The maximum Gasteiger partial charge on any atom is 0.0921 e. The second kappa shape index (κ2) is 13.3. The van der Waals surface area contributed by atoms with Crippen molar-refractivity contribution in [3.05, 3.63) is 0 Å². The van der Waals surface area contributed by atoms with E-state index in [0.29, 0.717) is 5.92 Å². The quantitative estimate of drug-likeness (QED) is 0.233. The van der Waals surface area contributed by atoms with Gasteiger partial charge in [0.1, 0.15) is 0 Å². The second-order valence-corrected chi connectivity index (χ2v) is 5.82.